The van der Waals surface area contributed by atoms with Gasteiger partial charge in [-0.25, -0.2) is 13.2 Å². The van der Waals surface area contributed by atoms with Crippen molar-refractivity contribution >= 4 is 81.2 Å². The molecule has 3 aromatic rings. The summed E-state index contributed by atoms with van der Waals surface area (Å²) in [6, 6.07) is 9.78. The second kappa shape index (κ2) is 11.9. The first-order valence-corrected chi connectivity index (χ1v) is 14.0. The van der Waals surface area contributed by atoms with Crippen molar-refractivity contribution in [2.45, 2.75) is 29.2 Å². The molecule has 2 aliphatic rings. The van der Waals surface area contributed by atoms with E-state index >= 15 is 4.39 Å². The molecule has 0 bridgehead atoms. The SMILES string of the molecule is O=C(Nc1ccc(F)c(NC(=O)C2CCCO2)c1F)c1cc(NC(=O)C2[C@H](c3ccc(F)c(Cl)c3)C2(Cl)Cl)ccc1Cl. The molecule has 0 spiro atoms. The van der Waals surface area contributed by atoms with Crippen LogP contribution < -0.4 is 16.0 Å². The first kappa shape index (κ1) is 30.4. The van der Waals surface area contributed by atoms with E-state index in [2.05, 4.69) is 16.0 Å². The van der Waals surface area contributed by atoms with Gasteiger partial charge in [0.1, 0.15) is 27.8 Å². The highest BCUT2D eigenvalue weighted by atomic mass is 35.5. The van der Waals surface area contributed by atoms with Crippen molar-refractivity contribution in [3.63, 3.8) is 0 Å². The number of nitrogens with one attached hydrogen (secondary N) is 3. The van der Waals surface area contributed by atoms with Crippen molar-refractivity contribution in [1.82, 2.24) is 0 Å². The van der Waals surface area contributed by atoms with E-state index in [1.165, 1.54) is 30.3 Å². The summed E-state index contributed by atoms with van der Waals surface area (Å²) in [6.45, 7) is 0.364. The van der Waals surface area contributed by atoms with E-state index in [0.717, 1.165) is 18.2 Å². The normalized spacial score (nSPS) is 20.6. The summed E-state index contributed by atoms with van der Waals surface area (Å²) < 4.78 is 46.8. The molecule has 3 aromatic carbocycles. The molecule has 1 saturated heterocycles. The largest absolute Gasteiger partial charge is 0.368 e. The van der Waals surface area contributed by atoms with Crippen molar-refractivity contribution in [2.24, 2.45) is 5.92 Å². The molecule has 1 aliphatic heterocycles. The molecule has 5 rings (SSSR count). The van der Waals surface area contributed by atoms with Gasteiger partial charge in [0.15, 0.2) is 5.82 Å². The predicted molar refractivity (Wildman–Crippen MR) is 154 cm³/mol. The number of rotatable bonds is 7. The zero-order chi connectivity index (χ0) is 30.3. The summed E-state index contributed by atoms with van der Waals surface area (Å²) in [7, 11) is 0. The van der Waals surface area contributed by atoms with E-state index in [-0.39, 0.29) is 21.3 Å². The maximum absolute atomic E-state index is 15.1. The molecule has 3 atom stereocenters. The maximum atomic E-state index is 15.1. The highest BCUT2D eigenvalue weighted by Gasteiger charge is 2.67. The fraction of sp³-hybridized carbons (Fsp3) is 0.250. The molecule has 1 saturated carbocycles. The lowest BCUT2D eigenvalue weighted by Crippen LogP contribution is -2.28. The Kier molecular flexibility index (Phi) is 8.65. The average molecular weight is 661 g/mol. The summed E-state index contributed by atoms with van der Waals surface area (Å²) in [5.41, 5.74) is -0.709. The average Bonchev–Trinajstić information content (AvgIpc) is 3.25. The van der Waals surface area contributed by atoms with Gasteiger partial charge >= 0.3 is 0 Å². The molecule has 7 nitrogen and oxygen atoms in total. The number of halogens is 7. The number of alkyl halides is 2. The summed E-state index contributed by atoms with van der Waals surface area (Å²) in [4.78, 5) is 38.4. The molecule has 3 amide bonds. The number of ether oxygens (including phenoxy) is 1. The zero-order valence-electron chi connectivity index (χ0n) is 21.3. The minimum absolute atomic E-state index is 0.0331. The van der Waals surface area contributed by atoms with Crippen LogP contribution in [0.25, 0.3) is 0 Å². The van der Waals surface area contributed by atoms with Crippen LogP contribution in [-0.4, -0.2) is 34.8 Å². The van der Waals surface area contributed by atoms with Crippen LogP contribution in [0.15, 0.2) is 48.5 Å². The Bertz CT molecular complexity index is 1600. The van der Waals surface area contributed by atoms with Crippen LogP contribution in [0, 0.1) is 23.4 Å². The van der Waals surface area contributed by atoms with Crippen molar-refractivity contribution in [3.8, 4) is 0 Å². The van der Waals surface area contributed by atoms with Gasteiger partial charge in [0.25, 0.3) is 11.8 Å². The maximum Gasteiger partial charge on any atom is 0.257 e. The van der Waals surface area contributed by atoms with Gasteiger partial charge in [-0.15, -0.1) is 23.2 Å². The van der Waals surface area contributed by atoms with Crippen LogP contribution in [0.1, 0.15) is 34.7 Å². The topological polar surface area (TPSA) is 96.5 Å². The fourth-order valence-electron chi connectivity index (χ4n) is 4.71. The number of carbonyl (C=O) groups excluding carboxylic acids is 3. The first-order chi connectivity index (χ1) is 19.9. The molecule has 1 heterocycles. The molecular weight excluding hydrogens is 641 g/mol. The van der Waals surface area contributed by atoms with E-state index in [9.17, 15) is 23.2 Å². The third-order valence-corrected chi connectivity index (χ3v) is 8.49. The Labute approximate surface area is 257 Å². The quantitative estimate of drug-likeness (QED) is 0.232. The second-order valence-electron chi connectivity index (χ2n) is 9.72. The monoisotopic (exact) mass is 659 g/mol. The van der Waals surface area contributed by atoms with Crippen molar-refractivity contribution < 1.29 is 32.3 Å². The molecule has 0 aromatic heterocycles. The van der Waals surface area contributed by atoms with Crippen molar-refractivity contribution in [3.05, 3.63) is 87.2 Å². The van der Waals surface area contributed by atoms with E-state index in [0.29, 0.717) is 25.0 Å². The molecule has 14 heteroatoms. The van der Waals surface area contributed by atoms with Gasteiger partial charge in [-0.3, -0.25) is 14.4 Å². The smallest absolute Gasteiger partial charge is 0.257 e. The summed E-state index contributed by atoms with van der Waals surface area (Å²) >= 11 is 24.8. The lowest BCUT2D eigenvalue weighted by Gasteiger charge is -2.15. The Balaban J connectivity index is 1.30. The summed E-state index contributed by atoms with van der Waals surface area (Å²) in [5, 5.41) is 6.90. The second-order valence-corrected chi connectivity index (χ2v) is 12.0. The molecule has 1 aliphatic carbocycles. The molecule has 42 heavy (non-hydrogen) atoms. The van der Waals surface area contributed by atoms with Crippen LogP contribution in [0.5, 0.6) is 0 Å². The number of hydrogen-bond donors (Lipinski definition) is 3. The minimum Gasteiger partial charge on any atom is -0.368 e. The van der Waals surface area contributed by atoms with Crippen molar-refractivity contribution in [2.75, 3.05) is 22.6 Å². The van der Waals surface area contributed by atoms with Gasteiger partial charge in [0.2, 0.25) is 5.91 Å². The Morgan fingerprint density at radius 2 is 1.60 bits per heavy atom. The van der Waals surface area contributed by atoms with Gasteiger partial charge in [0.05, 0.1) is 27.2 Å². The standard InChI is InChI=1S/C28H20Cl4F3N3O4/c29-15-5-4-13(36-27(41)22-21(28(22,31)32)12-3-6-17(33)16(30)10-12)11-14(15)25(39)37-19-8-7-18(34)24(23(19)35)38-26(40)20-2-1-9-42-20/h3-8,10-11,20-22H,1-2,9H2,(H,36,41)(H,37,39)(H,38,40)/t20?,21-,22?/m0/s1. The number of anilines is 3. The van der Waals surface area contributed by atoms with Gasteiger partial charge in [-0.05, 0) is 60.9 Å². The van der Waals surface area contributed by atoms with E-state index in [1.807, 2.05) is 0 Å². The first-order valence-electron chi connectivity index (χ1n) is 12.5. The zero-order valence-corrected chi connectivity index (χ0v) is 24.3. The molecule has 2 unspecified atom stereocenters. The van der Waals surface area contributed by atoms with Crippen LogP contribution in [0.2, 0.25) is 10.0 Å². The van der Waals surface area contributed by atoms with Gasteiger partial charge in [-0.2, -0.15) is 0 Å². The molecular formula is C28H20Cl4F3N3O4. The van der Waals surface area contributed by atoms with E-state index in [1.54, 1.807) is 0 Å². The van der Waals surface area contributed by atoms with Crippen LogP contribution in [-0.2, 0) is 14.3 Å². The van der Waals surface area contributed by atoms with Crippen LogP contribution >= 0.6 is 46.4 Å². The molecule has 2 fully saturated rings. The van der Waals surface area contributed by atoms with Gasteiger partial charge in [0, 0.05) is 18.2 Å². The van der Waals surface area contributed by atoms with Crippen molar-refractivity contribution in [1.29, 1.82) is 0 Å². The summed E-state index contributed by atoms with van der Waals surface area (Å²) in [6.07, 6.45) is 0.221. The van der Waals surface area contributed by atoms with Gasteiger partial charge < -0.3 is 20.7 Å². The number of hydrogen-bond acceptors (Lipinski definition) is 4. The lowest BCUT2D eigenvalue weighted by atomic mass is 10.1. The third kappa shape index (κ3) is 6.05. The van der Waals surface area contributed by atoms with Gasteiger partial charge in [-0.1, -0.05) is 29.3 Å². The highest BCUT2D eigenvalue weighted by Crippen LogP contribution is 2.65. The molecule has 220 valence electrons. The Morgan fingerprint density at radius 3 is 2.29 bits per heavy atom. The number of amides is 3. The number of benzene rings is 3. The van der Waals surface area contributed by atoms with E-state index < -0.39 is 68.8 Å². The number of carbonyl (C=O) groups is 3. The van der Waals surface area contributed by atoms with Crippen LogP contribution in [0.3, 0.4) is 0 Å². The highest BCUT2D eigenvalue weighted by molar-refractivity contribution is 6.53. The fourth-order valence-corrected chi connectivity index (χ4v) is 5.93. The van der Waals surface area contributed by atoms with Crippen LogP contribution in [0.4, 0.5) is 30.2 Å². The minimum atomic E-state index is -1.49. The molecule has 0 radical (unpaired) electrons. The Hall–Kier alpha value is -3.02. The lowest BCUT2D eigenvalue weighted by molar-refractivity contribution is -0.124. The Morgan fingerprint density at radius 1 is 0.857 bits per heavy atom. The predicted octanol–water partition coefficient (Wildman–Crippen LogP) is 7.31. The summed E-state index contributed by atoms with van der Waals surface area (Å²) in [5.74, 6) is -6.67. The third-order valence-electron chi connectivity index (χ3n) is 6.93. The molecule has 3 N–H and O–H groups in total. The van der Waals surface area contributed by atoms with E-state index in [4.69, 9.17) is 51.1 Å².